The lowest BCUT2D eigenvalue weighted by Crippen LogP contribution is -2.35. The largest absolute Gasteiger partial charge is 0.443 e. The molecule has 118 valence electrons. The van der Waals surface area contributed by atoms with E-state index in [1.807, 2.05) is 30.3 Å². The molecule has 0 unspecified atom stereocenters. The molecule has 0 aliphatic rings. The zero-order valence-electron chi connectivity index (χ0n) is 13.7. The highest BCUT2D eigenvalue weighted by atomic mass is 16.6. The van der Waals surface area contributed by atoms with Gasteiger partial charge in [0, 0.05) is 12.6 Å². The number of hydrogen-bond acceptors (Lipinski definition) is 4. The van der Waals surface area contributed by atoms with Crippen LogP contribution in [0.25, 0.3) is 11.3 Å². The number of aromatic nitrogens is 2. The van der Waals surface area contributed by atoms with Gasteiger partial charge < -0.3 is 4.74 Å². The Balaban J connectivity index is 2.34. The Bertz CT molecular complexity index is 743. The molecule has 1 aromatic heterocycles. The molecule has 1 amide bonds. The first-order chi connectivity index (χ1) is 10.8. The van der Waals surface area contributed by atoms with Crippen LogP contribution in [-0.2, 0) is 4.74 Å². The number of carbonyl (C=O) groups excluding carboxylic acids is 1. The van der Waals surface area contributed by atoms with Crippen LogP contribution in [0.4, 0.5) is 10.6 Å². The number of hydrogen-bond donors (Lipinski definition) is 0. The first kappa shape index (κ1) is 16.5. The maximum atomic E-state index is 12.1. The molecule has 0 aliphatic carbocycles. The molecule has 0 saturated carbocycles. The molecule has 0 atom stereocenters. The lowest BCUT2D eigenvalue weighted by molar-refractivity contribution is 0.0588. The summed E-state index contributed by atoms with van der Waals surface area (Å²) in [5.41, 5.74) is 1.25. The Kier molecular flexibility index (Phi) is 4.65. The third-order valence-corrected chi connectivity index (χ3v) is 2.94. The first-order valence-electron chi connectivity index (χ1n) is 7.17. The minimum Gasteiger partial charge on any atom is -0.443 e. The van der Waals surface area contributed by atoms with Crippen LogP contribution in [-0.4, -0.2) is 28.7 Å². The fraction of sp³-hybridized carbons (Fsp3) is 0.278. The van der Waals surface area contributed by atoms with Crippen LogP contribution < -0.4 is 4.90 Å². The van der Waals surface area contributed by atoms with Gasteiger partial charge >= 0.3 is 6.09 Å². The molecule has 23 heavy (non-hydrogen) atoms. The maximum Gasteiger partial charge on any atom is 0.415 e. The van der Waals surface area contributed by atoms with Gasteiger partial charge in [0.05, 0.1) is 11.9 Å². The molecule has 0 aliphatic heterocycles. The lowest BCUT2D eigenvalue weighted by atomic mass is 10.1. The van der Waals surface area contributed by atoms with Gasteiger partial charge in [-0.15, -0.1) is 6.42 Å². The van der Waals surface area contributed by atoms with Crippen LogP contribution in [0.15, 0.2) is 36.5 Å². The molecule has 0 saturated heterocycles. The molecular weight excluding hydrogens is 290 g/mol. The topological polar surface area (TPSA) is 55.3 Å². The summed E-state index contributed by atoms with van der Waals surface area (Å²) < 4.78 is 5.32. The Labute approximate surface area is 136 Å². The van der Waals surface area contributed by atoms with E-state index in [2.05, 4.69) is 15.9 Å². The van der Waals surface area contributed by atoms with Crippen LogP contribution >= 0.6 is 0 Å². The predicted octanol–water partition coefficient (Wildman–Crippen LogP) is 3.50. The van der Waals surface area contributed by atoms with Gasteiger partial charge in [0.25, 0.3) is 0 Å². The van der Waals surface area contributed by atoms with Crippen molar-refractivity contribution in [3.63, 3.8) is 0 Å². The molecule has 1 aromatic carbocycles. The van der Waals surface area contributed by atoms with E-state index in [0.717, 1.165) is 5.56 Å². The van der Waals surface area contributed by atoms with E-state index >= 15 is 0 Å². The van der Waals surface area contributed by atoms with Crippen LogP contribution in [0.3, 0.4) is 0 Å². The quantitative estimate of drug-likeness (QED) is 0.797. The van der Waals surface area contributed by atoms with E-state index < -0.39 is 11.7 Å². The molecule has 0 N–H and O–H groups in total. The smallest absolute Gasteiger partial charge is 0.415 e. The van der Waals surface area contributed by atoms with Gasteiger partial charge in [-0.25, -0.2) is 14.8 Å². The second-order valence-corrected chi connectivity index (χ2v) is 5.98. The first-order valence-corrected chi connectivity index (χ1v) is 7.17. The molecule has 2 aromatic rings. The zero-order chi connectivity index (χ0) is 17.0. The summed E-state index contributed by atoms with van der Waals surface area (Å²) in [5, 5.41) is 0. The molecular formula is C18H19N3O2. The number of anilines is 1. The molecule has 1 heterocycles. The number of benzene rings is 1. The van der Waals surface area contributed by atoms with Gasteiger partial charge in [0.15, 0.2) is 11.5 Å². The van der Waals surface area contributed by atoms with Crippen molar-refractivity contribution in [2.24, 2.45) is 0 Å². The molecule has 0 fully saturated rings. The Hall–Kier alpha value is -2.87. The summed E-state index contributed by atoms with van der Waals surface area (Å²) in [6.45, 7) is 5.39. The van der Waals surface area contributed by atoms with Crippen molar-refractivity contribution < 1.29 is 9.53 Å². The fourth-order valence-electron chi connectivity index (χ4n) is 1.89. The predicted molar refractivity (Wildman–Crippen MR) is 90.0 cm³/mol. The van der Waals surface area contributed by atoms with E-state index in [-0.39, 0.29) is 0 Å². The van der Waals surface area contributed by atoms with Crippen LogP contribution in [0.1, 0.15) is 26.5 Å². The SMILES string of the molecule is C#Cc1nc(-c2ccccc2)cnc1N(C)C(=O)OC(C)(C)C. The minimum atomic E-state index is -0.598. The molecule has 5 nitrogen and oxygen atoms in total. The van der Waals surface area contributed by atoms with E-state index in [1.165, 1.54) is 4.90 Å². The van der Waals surface area contributed by atoms with Gasteiger partial charge in [-0.3, -0.25) is 4.90 Å². The molecule has 0 radical (unpaired) electrons. The fourth-order valence-corrected chi connectivity index (χ4v) is 1.89. The standard InChI is InChI=1S/C18H19N3O2/c1-6-14-16(21(5)17(22)23-18(2,3)4)19-12-15(20-14)13-10-8-7-9-11-13/h1,7-12H,2-5H3. The third-order valence-electron chi connectivity index (χ3n) is 2.94. The summed E-state index contributed by atoms with van der Waals surface area (Å²) in [7, 11) is 1.56. The van der Waals surface area contributed by atoms with Gasteiger partial charge in [-0.05, 0) is 26.7 Å². The maximum absolute atomic E-state index is 12.1. The average Bonchev–Trinajstić information content (AvgIpc) is 2.52. The Morgan fingerprint density at radius 2 is 1.91 bits per heavy atom. The van der Waals surface area contributed by atoms with Crippen molar-refractivity contribution in [1.29, 1.82) is 0 Å². The van der Waals surface area contributed by atoms with Crippen LogP contribution in [0.5, 0.6) is 0 Å². The number of terminal acetylenes is 1. The van der Waals surface area contributed by atoms with Gasteiger partial charge in [0.1, 0.15) is 5.60 Å². The average molecular weight is 309 g/mol. The van der Waals surface area contributed by atoms with E-state index in [9.17, 15) is 4.79 Å². The molecule has 0 bridgehead atoms. The summed E-state index contributed by atoms with van der Waals surface area (Å²) in [6.07, 6.45) is 6.59. The molecule has 2 rings (SSSR count). The summed E-state index contributed by atoms with van der Waals surface area (Å²) in [6, 6.07) is 9.58. The highest BCUT2D eigenvalue weighted by molar-refractivity contribution is 5.87. The highest BCUT2D eigenvalue weighted by Gasteiger charge is 2.23. The van der Waals surface area contributed by atoms with Crippen molar-refractivity contribution >= 4 is 11.9 Å². The summed E-state index contributed by atoms with van der Waals surface area (Å²) >= 11 is 0. The highest BCUT2D eigenvalue weighted by Crippen LogP contribution is 2.22. The van der Waals surface area contributed by atoms with Crippen molar-refractivity contribution in [3.8, 4) is 23.6 Å². The second-order valence-electron chi connectivity index (χ2n) is 5.98. The number of rotatable bonds is 2. The molecule has 0 spiro atoms. The van der Waals surface area contributed by atoms with Crippen LogP contribution in [0, 0.1) is 12.3 Å². The van der Waals surface area contributed by atoms with Crippen molar-refractivity contribution in [2.45, 2.75) is 26.4 Å². The van der Waals surface area contributed by atoms with E-state index in [0.29, 0.717) is 17.2 Å². The summed E-state index contributed by atoms with van der Waals surface area (Å²) in [5.74, 6) is 2.77. The van der Waals surface area contributed by atoms with E-state index in [1.54, 1.807) is 34.0 Å². The van der Waals surface area contributed by atoms with Crippen molar-refractivity contribution in [1.82, 2.24) is 9.97 Å². The van der Waals surface area contributed by atoms with Crippen molar-refractivity contribution in [3.05, 3.63) is 42.2 Å². The number of nitrogens with zero attached hydrogens (tertiary/aromatic N) is 3. The third kappa shape index (κ3) is 4.07. The lowest BCUT2D eigenvalue weighted by Gasteiger charge is -2.24. The summed E-state index contributed by atoms with van der Waals surface area (Å²) in [4.78, 5) is 22.1. The van der Waals surface area contributed by atoms with Crippen LogP contribution in [0.2, 0.25) is 0 Å². The number of ether oxygens (including phenoxy) is 1. The monoisotopic (exact) mass is 309 g/mol. The van der Waals surface area contributed by atoms with Gasteiger partial charge in [-0.1, -0.05) is 30.3 Å². The van der Waals surface area contributed by atoms with Gasteiger partial charge in [0.2, 0.25) is 0 Å². The number of carbonyl (C=O) groups is 1. The van der Waals surface area contributed by atoms with Gasteiger partial charge in [-0.2, -0.15) is 0 Å². The number of amides is 1. The minimum absolute atomic E-state index is 0.291. The second kappa shape index (κ2) is 6.49. The molecule has 5 heteroatoms. The normalized spacial score (nSPS) is 10.7. The van der Waals surface area contributed by atoms with E-state index in [4.69, 9.17) is 11.2 Å². The zero-order valence-corrected chi connectivity index (χ0v) is 13.7. The Morgan fingerprint density at radius 1 is 1.26 bits per heavy atom. The Morgan fingerprint density at radius 3 is 2.48 bits per heavy atom. The van der Waals surface area contributed by atoms with Crippen molar-refractivity contribution in [2.75, 3.05) is 11.9 Å².